The maximum absolute atomic E-state index is 11.1. The first-order valence-electron chi connectivity index (χ1n) is 8.61. The lowest BCUT2D eigenvalue weighted by Crippen LogP contribution is -2.04. The van der Waals surface area contributed by atoms with Gasteiger partial charge in [-0.25, -0.2) is 0 Å². The Morgan fingerprint density at radius 3 is 2.05 bits per heavy atom. The van der Waals surface area contributed by atoms with Gasteiger partial charge in [-0.1, -0.05) is 58.1 Å². The Balaban J connectivity index is 3.14. The van der Waals surface area contributed by atoms with E-state index in [1.165, 1.54) is 44.9 Å². The first-order chi connectivity index (χ1) is 9.81. The second-order valence-corrected chi connectivity index (χ2v) is 5.49. The Morgan fingerprint density at radius 1 is 0.800 bits per heavy atom. The van der Waals surface area contributed by atoms with Crippen LogP contribution in [0.5, 0.6) is 0 Å². The van der Waals surface area contributed by atoms with Gasteiger partial charge in [-0.05, 0) is 38.5 Å². The lowest BCUT2D eigenvalue weighted by Gasteiger charge is -2.02. The number of carbonyl (C=O) groups excluding carboxylic acids is 1. The van der Waals surface area contributed by atoms with Gasteiger partial charge in [0.15, 0.2) is 0 Å². The van der Waals surface area contributed by atoms with E-state index in [4.69, 9.17) is 4.74 Å². The molecule has 0 amide bonds. The van der Waals surface area contributed by atoms with Gasteiger partial charge in [0.2, 0.25) is 0 Å². The highest BCUT2D eigenvalue weighted by Gasteiger charge is 1.98. The van der Waals surface area contributed by atoms with Gasteiger partial charge in [-0.15, -0.1) is 0 Å². The van der Waals surface area contributed by atoms with E-state index < -0.39 is 0 Å². The van der Waals surface area contributed by atoms with Crippen LogP contribution in [0.1, 0.15) is 90.9 Å². The molecule has 2 nitrogen and oxygen atoms in total. The molecule has 0 spiro atoms. The van der Waals surface area contributed by atoms with Crippen molar-refractivity contribution in [3.63, 3.8) is 0 Å². The molecule has 0 unspecified atom stereocenters. The summed E-state index contributed by atoms with van der Waals surface area (Å²) in [6.45, 7) is 4.84. The molecule has 0 aromatic carbocycles. The molecule has 0 aromatic heterocycles. The SMILES string of the molecule is CCCCCCCC/C=C\CCCCOC(=O)CCC. The minimum Gasteiger partial charge on any atom is -0.466 e. The van der Waals surface area contributed by atoms with Gasteiger partial charge in [0.1, 0.15) is 0 Å². The molecule has 0 atom stereocenters. The lowest BCUT2D eigenvalue weighted by atomic mass is 10.1. The normalized spacial score (nSPS) is 11.1. The van der Waals surface area contributed by atoms with Gasteiger partial charge < -0.3 is 4.74 Å². The molecule has 0 bridgehead atoms. The van der Waals surface area contributed by atoms with Crippen LogP contribution >= 0.6 is 0 Å². The van der Waals surface area contributed by atoms with Crippen LogP contribution in [0.3, 0.4) is 0 Å². The Labute approximate surface area is 126 Å². The van der Waals surface area contributed by atoms with E-state index in [0.717, 1.165) is 25.7 Å². The molecule has 0 fully saturated rings. The zero-order chi connectivity index (χ0) is 14.9. The fourth-order valence-corrected chi connectivity index (χ4v) is 2.10. The molecule has 118 valence electrons. The minimum absolute atomic E-state index is 0.0499. The number of hydrogen-bond acceptors (Lipinski definition) is 2. The largest absolute Gasteiger partial charge is 0.466 e. The second-order valence-electron chi connectivity index (χ2n) is 5.49. The van der Waals surface area contributed by atoms with Crippen molar-refractivity contribution < 1.29 is 9.53 Å². The number of rotatable bonds is 14. The van der Waals surface area contributed by atoms with Crippen molar-refractivity contribution in [2.24, 2.45) is 0 Å². The monoisotopic (exact) mass is 282 g/mol. The second kappa shape index (κ2) is 16.3. The molecular formula is C18H34O2. The van der Waals surface area contributed by atoms with Gasteiger partial charge in [0.05, 0.1) is 6.61 Å². The summed E-state index contributed by atoms with van der Waals surface area (Å²) in [6, 6.07) is 0. The fourth-order valence-electron chi connectivity index (χ4n) is 2.10. The van der Waals surface area contributed by atoms with E-state index in [1.807, 2.05) is 6.92 Å². The Bertz CT molecular complexity index is 234. The molecule has 0 aromatic rings. The topological polar surface area (TPSA) is 26.3 Å². The molecule has 0 saturated carbocycles. The Kier molecular flexibility index (Phi) is 15.6. The maximum atomic E-state index is 11.1. The molecule has 2 heteroatoms. The van der Waals surface area contributed by atoms with Gasteiger partial charge in [-0.3, -0.25) is 4.79 Å². The smallest absolute Gasteiger partial charge is 0.305 e. The molecule has 0 heterocycles. The zero-order valence-corrected chi connectivity index (χ0v) is 13.7. The molecule has 0 aliphatic carbocycles. The van der Waals surface area contributed by atoms with Crippen LogP contribution in [0.4, 0.5) is 0 Å². The number of unbranched alkanes of at least 4 members (excludes halogenated alkanes) is 8. The quantitative estimate of drug-likeness (QED) is 0.228. The third-order valence-electron chi connectivity index (χ3n) is 3.37. The number of ether oxygens (including phenoxy) is 1. The summed E-state index contributed by atoms with van der Waals surface area (Å²) < 4.78 is 5.11. The van der Waals surface area contributed by atoms with E-state index in [-0.39, 0.29) is 5.97 Å². The Hall–Kier alpha value is -0.790. The molecular weight excluding hydrogens is 248 g/mol. The molecule has 0 rings (SSSR count). The highest BCUT2D eigenvalue weighted by atomic mass is 16.5. The molecule has 0 N–H and O–H groups in total. The molecule has 20 heavy (non-hydrogen) atoms. The van der Waals surface area contributed by atoms with Crippen molar-refractivity contribution in [2.75, 3.05) is 6.61 Å². The van der Waals surface area contributed by atoms with Crippen LogP contribution in [-0.4, -0.2) is 12.6 Å². The summed E-state index contributed by atoms with van der Waals surface area (Å²) in [5.41, 5.74) is 0. The van der Waals surface area contributed by atoms with Crippen LogP contribution in [0.15, 0.2) is 12.2 Å². The van der Waals surface area contributed by atoms with Gasteiger partial charge >= 0.3 is 5.97 Å². The molecule has 0 radical (unpaired) electrons. The van der Waals surface area contributed by atoms with Crippen LogP contribution < -0.4 is 0 Å². The molecule has 0 aliphatic rings. The van der Waals surface area contributed by atoms with E-state index in [0.29, 0.717) is 13.0 Å². The van der Waals surface area contributed by atoms with Crippen molar-refractivity contribution in [3.8, 4) is 0 Å². The van der Waals surface area contributed by atoms with Crippen molar-refractivity contribution >= 4 is 5.97 Å². The van der Waals surface area contributed by atoms with Crippen molar-refractivity contribution in [2.45, 2.75) is 90.9 Å². The first-order valence-corrected chi connectivity index (χ1v) is 8.61. The predicted octanol–water partition coefficient (Wildman–Crippen LogP) is 5.81. The highest BCUT2D eigenvalue weighted by molar-refractivity contribution is 5.69. The summed E-state index contributed by atoms with van der Waals surface area (Å²) in [6.07, 6.45) is 18.7. The van der Waals surface area contributed by atoms with E-state index in [9.17, 15) is 4.79 Å². The van der Waals surface area contributed by atoms with Crippen LogP contribution in [0, 0.1) is 0 Å². The van der Waals surface area contributed by atoms with E-state index >= 15 is 0 Å². The number of hydrogen-bond donors (Lipinski definition) is 0. The number of esters is 1. The van der Waals surface area contributed by atoms with Crippen LogP contribution in [0.2, 0.25) is 0 Å². The van der Waals surface area contributed by atoms with Crippen molar-refractivity contribution in [1.82, 2.24) is 0 Å². The molecule has 0 aliphatic heterocycles. The zero-order valence-electron chi connectivity index (χ0n) is 13.7. The molecule has 0 saturated heterocycles. The summed E-state index contributed by atoms with van der Waals surface area (Å²) in [5.74, 6) is -0.0499. The summed E-state index contributed by atoms with van der Waals surface area (Å²) in [7, 11) is 0. The number of allylic oxidation sites excluding steroid dienone is 2. The van der Waals surface area contributed by atoms with Gasteiger partial charge in [0.25, 0.3) is 0 Å². The van der Waals surface area contributed by atoms with Crippen molar-refractivity contribution in [3.05, 3.63) is 12.2 Å². The van der Waals surface area contributed by atoms with Crippen molar-refractivity contribution in [1.29, 1.82) is 0 Å². The Morgan fingerprint density at radius 2 is 1.40 bits per heavy atom. The van der Waals surface area contributed by atoms with Crippen LogP contribution in [-0.2, 0) is 9.53 Å². The summed E-state index contributed by atoms with van der Waals surface area (Å²) in [5, 5.41) is 0. The van der Waals surface area contributed by atoms with Crippen LogP contribution in [0.25, 0.3) is 0 Å². The first kappa shape index (κ1) is 19.2. The fraction of sp³-hybridized carbons (Fsp3) is 0.833. The summed E-state index contributed by atoms with van der Waals surface area (Å²) in [4.78, 5) is 11.1. The predicted molar refractivity (Wildman–Crippen MR) is 86.9 cm³/mol. The third kappa shape index (κ3) is 15.3. The minimum atomic E-state index is -0.0499. The van der Waals surface area contributed by atoms with Gasteiger partial charge in [0, 0.05) is 6.42 Å². The maximum Gasteiger partial charge on any atom is 0.305 e. The number of carbonyl (C=O) groups is 1. The lowest BCUT2D eigenvalue weighted by molar-refractivity contribution is -0.143. The summed E-state index contributed by atoms with van der Waals surface area (Å²) >= 11 is 0. The van der Waals surface area contributed by atoms with E-state index in [1.54, 1.807) is 0 Å². The standard InChI is InChI=1S/C18H34O2/c1-3-5-6-7-8-9-10-11-12-13-14-15-17-20-18(19)16-4-2/h11-12H,3-10,13-17H2,1-2H3/b12-11-. The average molecular weight is 282 g/mol. The van der Waals surface area contributed by atoms with Gasteiger partial charge in [-0.2, -0.15) is 0 Å². The van der Waals surface area contributed by atoms with E-state index in [2.05, 4.69) is 19.1 Å². The third-order valence-corrected chi connectivity index (χ3v) is 3.37. The highest BCUT2D eigenvalue weighted by Crippen LogP contribution is 2.07. The average Bonchev–Trinajstić information content (AvgIpc) is 2.44.